The van der Waals surface area contributed by atoms with E-state index in [1.165, 1.54) is 5.56 Å². The molecule has 4 heteroatoms. The Bertz CT molecular complexity index is 914. The molecule has 1 aromatic heterocycles. The Morgan fingerprint density at radius 2 is 2.00 bits per heavy atom. The van der Waals surface area contributed by atoms with Crippen LogP contribution in [0, 0.1) is 0 Å². The molecule has 0 aliphatic heterocycles. The highest BCUT2D eigenvalue weighted by atomic mass is 16.5. The van der Waals surface area contributed by atoms with E-state index in [0.29, 0.717) is 24.7 Å². The van der Waals surface area contributed by atoms with Gasteiger partial charge >= 0.3 is 0 Å². The highest BCUT2D eigenvalue weighted by molar-refractivity contribution is 5.88. The minimum absolute atomic E-state index is 0.297. The molecule has 1 unspecified atom stereocenters. The lowest BCUT2D eigenvalue weighted by atomic mass is 9.83. The second-order valence-electron chi connectivity index (χ2n) is 6.90. The second-order valence-corrected chi connectivity index (χ2v) is 6.90. The molecule has 0 bridgehead atoms. The van der Waals surface area contributed by atoms with E-state index < -0.39 is 0 Å². The standard InChI is InChI=1S/C22H23NO3/c1-25-21-11-18-19(16-8-5-9-17(24)10-16)13-23-20(18)12-22(21)26-14-15-6-3-2-4-7-15/h2-4,6-7,11-13,16,23H,5,8-10,14H2,1H3. The molecule has 3 aromatic rings. The highest BCUT2D eigenvalue weighted by Crippen LogP contribution is 2.39. The third-order valence-electron chi connectivity index (χ3n) is 5.16. The van der Waals surface area contributed by atoms with Crippen molar-refractivity contribution in [3.8, 4) is 11.5 Å². The van der Waals surface area contributed by atoms with E-state index in [-0.39, 0.29) is 0 Å². The summed E-state index contributed by atoms with van der Waals surface area (Å²) < 4.78 is 11.6. The number of ketones is 1. The number of hydrogen-bond donors (Lipinski definition) is 1. The SMILES string of the molecule is COc1cc2c(C3CCCC(=O)C3)c[nH]c2cc1OCc1ccccc1. The summed E-state index contributed by atoms with van der Waals surface area (Å²) in [6.07, 6.45) is 5.44. The van der Waals surface area contributed by atoms with E-state index in [1.54, 1.807) is 7.11 Å². The minimum atomic E-state index is 0.297. The Kier molecular flexibility index (Phi) is 4.65. The maximum Gasteiger partial charge on any atom is 0.163 e. The van der Waals surface area contributed by atoms with Crippen molar-refractivity contribution in [1.82, 2.24) is 4.98 Å². The first kappa shape index (κ1) is 16.7. The van der Waals surface area contributed by atoms with E-state index in [4.69, 9.17) is 9.47 Å². The molecular formula is C22H23NO3. The average Bonchev–Trinajstić information content (AvgIpc) is 3.09. The third kappa shape index (κ3) is 3.32. The smallest absolute Gasteiger partial charge is 0.163 e. The van der Waals surface area contributed by atoms with Crippen molar-refractivity contribution >= 4 is 16.7 Å². The molecule has 0 spiro atoms. The fourth-order valence-electron chi connectivity index (χ4n) is 3.79. The van der Waals surface area contributed by atoms with Crippen molar-refractivity contribution in [2.75, 3.05) is 7.11 Å². The van der Waals surface area contributed by atoms with Crippen LogP contribution in [0.25, 0.3) is 10.9 Å². The first-order valence-corrected chi connectivity index (χ1v) is 9.12. The summed E-state index contributed by atoms with van der Waals surface area (Å²) in [5, 5.41) is 1.12. The Hall–Kier alpha value is -2.75. The van der Waals surface area contributed by atoms with Gasteiger partial charge in [-0.1, -0.05) is 30.3 Å². The predicted molar refractivity (Wildman–Crippen MR) is 102 cm³/mol. The summed E-state index contributed by atoms with van der Waals surface area (Å²) in [4.78, 5) is 15.2. The van der Waals surface area contributed by atoms with E-state index in [2.05, 4.69) is 4.98 Å². The van der Waals surface area contributed by atoms with Gasteiger partial charge in [-0.25, -0.2) is 0 Å². The molecule has 0 amide bonds. The molecular weight excluding hydrogens is 326 g/mol. The number of H-pyrrole nitrogens is 1. The van der Waals surface area contributed by atoms with Crippen LogP contribution in [-0.2, 0) is 11.4 Å². The first-order chi connectivity index (χ1) is 12.7. The van der Waals surface area contributed by atoms with E-state index in [9.17, 15) is 4.79 Å². The topological polar surface area (TPSA) is 51.3 Å². The van der Waals surface area contributed by atoms with Crippen molar-refractivity contribution in [2.45, 2.75) is 38.2 Å². The van der Waals surface area contributed by atoms with E-state index >= 15 is 0 Å². The van der Waals surface area contributed by atoms with Crippen LogP contribution in [0.4, 0.5) is 0 Å². The number of fused-ring (bicyclic) bond motifs is 1. The quantitative estimate of drug-likeness (QED) is 0.706. The van der Waals surface area contributed by atoms with Gasteiger partial charge in [-0.3, -0.25) is 4.79 Å². The minimum Gasteiger partial charge on any atom is -0.493 e. The van der Waals surface area contributed by atoms with Crippen LogP contribution in [0.3, 0.4) is 0 Å². The molecule has 1 N–H and O–H groups in total. The van der Waals surface area contributed by atoms with Gasteiger partial charge in [0.1, 0.15) is 12.4 Å². The summed E-state index contributed by atoms with van der Waals surface area (Å²) in [5.74, 6) is 2.10. The van der Waals surface area contributed by atoms with Crippen molar-refractivity contribution in [3.05, 3.63) is 59.8 Å². The largest absolute Gasteiger partial charge is 0.493 e. The highest BCUT2D eigenvalue weighted by Gasteiger charge is 2.24. The van der Waals surface area contributed by atoms with Crippen molar-refractivity contribution in [3.63, 3.8) is 0 Å². The molecule has 134 valence electrons. The van der Waals surface area contributed by atoms with Crippen LogP contribution in [0.5, 0.6) is 11.5 Å². The Morgan fingerprint density at radius 3 is 2.77 bits per heavy atom. The van der Waals surface area contributed by atoms with Crippen LogP contribution in [0.1, 0.15) is 42.7 Å². The molecule has 1 aliphatic rings. The summed E-state index contributed by atoms with van der Waals surface area (Å²) >= 11 is 0. The number of benzene rings is 2. The first-order valence-electron chi connectivity index (χ1n) is 9.12. The number of nitrogens with one attached hydrogen (secondary N) is 1. The number of rotatable bonds is 5. The predicted octanol–water partition coefficient (Wildman–Crippen LogP) is 4.98. The molecule has 0 saturated heterocycles. The lowest BCUT2D eigenvalue weighted by Gasteiger charge is -2.20. The molecule has 1 saturated carbocycles. The number of hydrogen-bond acceptors (Lipinski definition) is 3. The van der Waals surface area contributed by atoms with Crippen LogP contribution in [0.2, 0.25) is 0 Å². The zero-order chi connectivity index (χ0) is 17.9. The Labute approximate surface area is 153 Å². The molecule has 4 nitrogen and oxygen atoms in total. The van der Waals surface area contributed by atoms with Gasteiger partial charge in [-0.05, 0) is 36.0 Å². The monoisotopic (exact) mass is 349 g/mol. The van der Waals surface area contributed by atoms with Gasteiger partial charge in [0.05, 0.1) is 7.11 Å². The number of carbonyl (C=O) groups excluding carboxylic acids is 1. The summed E-state index contributed by atoms with van der Waals surface area (Å²) in [5.41, 5.74) is 3.34. The van der Waals surface area contributed by atoms with Crippen LogP contribution >= 0.6 is 0 Å². The number of Topliss-reactive ketones (excluding diaryl/α,β-unsaturated/α-hetero) is 1. The normalized spacial score (nSPS) is 17.4. The number of methoxy groups -OCH3 is 1. The third-order valence-corrected chi connectivity index (χ3v) is 5.16. The van der Waals surface area contributed by atoms with Gasteiger partial charge in [-0.2, -0.15) is 0 Å². The number of aromatic nitrogens is 1. The van der Waals surface area contributed by atoms with Gasteiger partial charge in [0.15, 0.2) is 11.5 Å². The van der Waals surface area contributed by atoms with Crippen LogP contribution in [0.15, 0.2) is 48.7 Å². The van der Waals surface area contributed by atoms with Crippen molar-refractivity contribution in [2.24, 2.45) is 0 Å². The number of aromatic amines is 1. The average molecular weight is 349 g/mol. The number of carbonyl (C=O) groups is 1. The van der Waals surface area contributed by atoms with Crippen molar-refractivity contribution < 1.29 is 14.3 Å². The maximum atomic E-state index is 11.8. The molecule has 0 radical (unpaired) electrons. The molecule has 1 aliphatic carbocycles. The van der Waals surface area contributed by atoms with Gasteiger partial charge in [0.2, 0.25) is 0 Å². The van der Waals surface area contributed by atoms with Gasteiger partial charge in [0, 0.05) is 36.0 Å². The lowest BCUT2D eigenvalue weighted by Crippen LogP contribution is -2.13. The van der Waals surface area contributed by atoms with Gasteiger partial charge < -0.3 is 14.5 Å². The summed E-state index contributed by atoms with van der Waals surface area (Å²) in [7, 11) is 1.66. The van der Waals surface area contributed by atoms with Crippen LogP contribution < -0.4 is 9.47 Å². The summed E-state index contributed by atoms with van der Waals surface area (Å²) in [6, 6.07) is 14.1. The number of ether oxygens (including phenoxy) is 2. The van der Waals surface area contributed by atoms with Crippen LogP contribution in [-0.4, -0.2) is 17.9 Å². The molecule has 2 aromatic carbocycles. The zero-order valence-corrected chi connectivity index (χ0v) is 15.0. The molecule has 1 heterocycles. The zero-order valence-electron chi connectivity index (χ0n) is 15.0. The van der Waals surface area contributed by atoms with E-state index in [0.717, 1.165) is 47.2 Å². The fourth-order valence-corrected chi connectivity index (χ4v) is 3.79. The molecule has 26 heavy (non-hydrogen) atoms. The Morgan fingerprint density at radius 1 is 1.15 bits per heavy atom. The Balaban J connectivity index is 1.62. The molecule has 1 fully saturated rings. The molecule has 1 atom stereocenters. The van der Waals surface area contributed by atoms with Crippen molar-refractivity contribution in [1.29, 1.82) is 0 Å². The maximum absolute atomic E-state index is 11.8. The van der Waals surface area contributed by atoms with Gasteiger partial charge in [-0.15, -0.1) is 0 Å². The fraction of sp³-hybridized carbons (Fsp3) is 0.318. The second kappa shape index (κ2) is 7.24. The molecule has 4 rings (SSSR count). The van der Waals surface area contributed by atoms with E-state index in [1.807, 2.05) is 48.7 Å². The van der Waals surface area contributed by atoms with Gasteiger partial charge in [0.25, 0.3) is 0 Å². The lowest BCUT2D eigenvalue weighted by molar-refractivity contribution is -0.120. The summed E-state index contributed by atoms with van der Waals surface area (Å²) in [6.45, 7) is 0.493.